The number of benzene rings is 3. The lowest BCUT2D eigenvalue weighted by Gasteiger charge is -2.27. The lowest BCUT2D eigenvalue weighted by molar-refractivity contribution is -0.119. The van der Waals surface area contributed by atoms with Gasteiger partial charge >= 0.3 is 0 Å². The Bertz CT molecular complexity index is 1700. The molecule has 0 unspecified atom stereocenters. The molecule has 0 spiro atoms. The van der Waals surface area contributed by atoms with E-state index >= 15 is 0 Å². The molecule has 1 aliphatic carbocycles. The predicted molar refractivity (Wildman–Crippen MR) is 174 cm³/mol. The molecule has 0 radical (unpaired) electrons. The molecule has 10 heteroatoms. The zero-order chi connectivity index (χ0) is 32.1. The minimum absolute atomic E-state index is 0.00613. The number of aliphatic hydroxyl groups is 1. The lowest BCUT2D eigenvalue weighted by atomic mass is 9.85. The number of sulfonamides is 1. The van der Waals surface area contributed by atoms with Crippen LogP contribution >= 0.6 is 11.6 Å². The van der Waals surface area contributed by atoms with Crippen molar-refractivity contribution >= 4 is 27.5 Å². The van der Waals surface area contributed by atoms with Gasteiger partial charge in [0.2, 0.25) is 5.91 Å². The van der Waals surface area contributed by atoms with Crippen LogP contribution in [-0.2, 0) is 40.6 Å². The fraction of sp³-hybridized carbons (Fsp3) is 0.343. The number of hydrogen-bond acceptors (Lipinski definition) is 6. The van der Waals surface area contributed by atoms with Gasteiger partial charge in [0.25, 0.3) is 10.0 Å². The Morgan fingerprint density at radius 2 is 1.64 bits per heavy atom. The summed E-state index contributed by atoms with van der Waals surface area (Å²) in [6.07, 6.45) is 6.27. The molecule has 2 N–H and O–H groups in total. The highest BCUT2D eigenvalue weighted by Gasteiger charge is 2.30. The van der Waals surface area contributed by atoms with Crippen molar-refractivity contribution in [1.29, 1.82) is 0 Å². The van der Waals surface area contributed by atoms with E-state index in [1.54, 1.807) is 14.2 Å². The van der Waals surface area contributed by atoms with Gasteiger partial charge in [-0.05, 0) is 103 Å². The first kappa shape index (κ1) is 32.6. The average Bonchev–Trinajstić information content (AvgIpc) is 3.65. The number of fused-ring (bicyclic) bond motifs is 1. The van der Waals surface area contributed by atoms with Gasteiger partial charge in [-0.2, -0.15) is 0 Å². The second-order valence-electron chi connectivity index (χ2n) is 11.7. The molecule has 0 bridgehead atoms. The molecule has 1 heterocycles. The Hall–Kier alpha value is -3.79. The molecule has 1 amide bonds. The third-order valence-corrected chi connectivity index (χ3v) is 10.2. The molecule has 8 nitrogen and oxygen atoms in total. The molecule has 0 aliphatic heterocycles. The van der Waals surface area contributed by atoms with Gasteiger partial charge in [0.15, 0.2) is 0 Å². The lowest BCUT2D eigenvalue weighted by Crippen LogP contribution is -2.30. The molecule has 3 aromatic carbocycles. The number of rotatable bonds is 13. The molecule has 1 aliphatic rings. The van der Waals surface area contributed by atoms with Gasteiger partial charge in [-0.15, -0.1) is 0 Å². The second kappa shape index (κ2) is 14.1. The summed E-state index contributed by atoms with van der Waals surface area (Å²) in [5.41, 5.74) is 5.25. The maximum absolute atomic E-state index is 12.6. The summed E-state index contributed by atoms with van der Waals surface area (Å²) < 4.78 is 40.5. The third-order valence-electron chi connectivity index (χ3n) is 8.60. The number of nitrogens with zero attached hydrogens (tertiary/aromatic N) is 1. The number of halogens is 1. The van der Waals surface area contributed by atoms with Crippen LogP contribution in [0.25, 0.3) is 0 Å². The SMILES string of the molecule is COc1cc([C@@H](O)[C@@H](CC2Cc3ccccc3C2)Cn2ccc(CCC(=O)NS(=O)(=O)c3ccc(Cl)cc3)c2)cc(OC)c1C. The second-order valence-corrected chi connectivity index (χ2v) is 13.9. The van der Waals surface area contributed by atoms with E-state index in [1.165, 1.54) is 35.4 Å². The summed E-state index contributed by atoms with van der Waals surface area (Å²) >= 11 is 5.85. The molecule has 1 aromatic heterocycles. The first-order valence-corrected chi connectivity index (χ1v) is 16.9. The van der Waals surface area contributed by atoms with Gasteiger partial charge in [0.05, 0.1) is 25.2 Å². The number of hydrogen-bond donors (Lipinski definition) is 2. The zero-order valence-electron chi connectivity index (χ0n) is 25.7. The number of aromatic nitrogens is 1. The molecular weight excluding hydrogens is 612 g/mol. The summed E-state index contributed by atoms with van der Waals surface area (Å²) in [5.74, 6) is 1.02. The van der Waals surface area contributed by atoms with Gasteiger partial charge in [-0.1, -0.05) is 35.9 Å². The first-order chi connectivity index (χ1) is 21.6. The monoisotopic (exact) mass is 650 g/mol. The predicted octanol–water partition coefficient (Wildman–Crippen LogP) is 6.06. The van der Waals surface area contributed by atoms with E-state index in [0.717, 1.165) is 36.0 Å². The molecule has 0 saturated carbocycles. The molecule has 0 fully saturated rings. The summed E-state index contributed by atoms with van der Waals surface area (Å²) in [6.45, 7) is 2.49. The van der Waals surface area contributed by atoms with E-state index in [0.29, 0.717) is 35.4 Å². The van der Waals surface area contributed by atoms with Crippen molar-refractivity contribution in [1.82, 2.24) is 9.29 Å². The van der Waals surface area contributed by atoms with Crippen molar-refractivity contribution in [2.24, 2.45) is 11.8 Å². The van der Waals surface area contributed by atoms with Crippen molar-refractivity contribution in [3.63, 3.8) is 0 Å². The van der Waals surface area contributed by atoms with Gasteiger partial charge in [0.1, 0.15) is 11.5 Å². The summed E-state index contributed by atoms with van der Waals surface area (Å²) in [6, 6.07) is 19.9. The Morgan fingerprint density at radius 3 is 2.24 bits per heavy atom. The first-order valence-electron chi connectivity index (χ1n) is 15.0. The zero-order valence-corrected chi connectivity index (χ0v) is 27.3. The Morgan fingerprint density at radius 1 is 1.02 bits per heavy atom. The van der Waals surface area contributed by atoms with Gasteiger partial charge in [-0.3, -0.25) is 4.79 Å². The highest BCUT2D eigenvalue weighted by atomic mass is 35.5. The van der Waals surface area contributed by atoms with Gasteiger partial charge in [0, 0.05) is 41.9 Å². The van der Waals surface area contributed by atoms with Crippen molar-refractivity contribution in [3.05, 3.63) is 112 Å². The van der Waals surface area contributed by atoms with Crippen LogP contribution in [0.15, 0.2) is 84.0 Å². The van der Waals surface area contributed by atoms with E-state index in [9.17, 15) is 18.3 Å². The fourth-order valence-corrected chi connectivity index (χ4v) is 7.39. The van der Waals surface area contributed by atoms with E-state index < -0.39 is 22.0 Å². The largest absolute Gasteiger partial charge is 0.496 e. The third kappa shape index (κ3) is 7.90. The van der Waals surface area contributed by atoms with Crippen molar-refractivity contribution in [2.45, 2.75) is 56.6 Å². The number of methoxy groups -OCH3 is 2. The minimum Gasteiger partial charge on any atom is -0.496 e. The maximum atomic E-state index is 12.6. The number of carbonyl (C=O) groups is 1. The van der Waals surface area contributed by atoms with Crippen LogP contribution in [-0.4, -0.2) is 38.2 Å². The van der Waals surface area contributed by atoms with Crippen LogP contribution in [0.3, 0.4) is 0 Å². The molecule has 4 aromatic rings. The topological polar surface area (TPSA) is 107 Å². The van der Waals surface area contributed by atoms with Crippen LogP contribution < -0.4 is 14.2 Å². The van der Waals surface area contributed by atoms with Gasteiger partial charge < -0.3 is 19.1 Å². The normalized spacial score (nSPS) is 14.5. The number of carbonyl (C=O) groups excluding carboxylic acids is 1. The minimum atomic E-state index is -3.98. The highest BCUT2D eigenvalue weighted by Crippen LogP contribution is 2.39. The van der Waals surface area contributed by atoms with Crippen LogP contribution in [0.5, 0.6) is 11.5 Å². The standard InChI is InChI=1S/C35H39ClN2O6S/c1-23-32(43-2)19-28(20-33(23)44-3)35(40)29(18-25-16-26-6-4-5-7-27(26)17-25)22-38-15-14-24(21-38)8-13-34(39)37-45(41,42)31-11-9-30(36)10-12-31/h4-7,9-12,14-15,19-21,25,29,35,40H,8,13,16-18,22H2,1-3H3,(H,37,39)/t29-,35+/m0/s1. The quantitative estimate of drug-likeness (QED) is 0.182. The highest BCUT2D eigenvalue weighted by molar-refractivity contribution is 7.90. The van der Waals surface area contributed by atoms with E-state index in [1.807, 2.05) is 42.1 Å². The number of amides is 1. The number of ether oxygens (including phenoxy) is 2. The number of nitrogens with one attached hydrogen (secondary N) is 1. The summed E-state index contributed by atoms with van der Waals surface area (Å²) in [7, 11) is -0.759. The molecule has 0 saturated heterocycles. The maximum Gasteiger partial charge on any atom is 0.264 e. The summed E-state index contributed by atoms with van der Waals surface area (Å²) in [5, 5.41) is 12.2. The summed E-state index contributed by atoms with van der Waals surface area (Å²) in [4.78, 5) is 12.5. The Labute approximate surface area is 270 Å². The Balaban J connectivity index is 1.28. The molecule has 2 atom stereocenters. The van der Waals surface area contributed by atoms with Gasteiger partial charge in [-0.25, -0.2) is 13.1 Å². The fourth-order valence-electron chi connectivity index (χ4n) is 6.25. The number of aliphatic hydroxyl groups excluding tert-OH is 1. The Kier molecular flexibility index (Phi) is 10.2. The molecule has 45 heavy (non-hydrogen) atoms. The van der Waals surface area contributed by atoms with Crippen LogP contribution in [0.1, 0.15) is 46.8 Å². The van der Waals surface area contributed by atoms with Crippen molar-refractivity contribution in [2.75, 3.05) is 14.2 Å². The van der Waals surface area contributed by atoms with Crippen LogP contribution in [0.2, 0.25) is 5.02 Å². The van der Waals surface area contributed by atoms with Crippen molar-refractivity contribution < 1.29 is 27.8 Å². The van der Waals surface area contributed by atoms with E-state index in [-0.39, 0.29) is 17.2 Å². The van der Waals surface area contributed by atoms with Crippen LogP contribution in [0, 0.1) is 18.8 Å². The van der Waals surface area contributed by atoms with E-state index in [2.05, 4.69) is 29.0 Å². The molecule has 5 rings (SSSR count). The van der Waals surface area contributed by atoms with Crippen LogP contribution in [0.4, 0.5) is 0 Å². The molecular formula is C35H39ClN2O6S. The molecule has 238 valence electrons. The average molecular weight is 651 g/mol. The smallest absolute Gasteiger partial charge is 0.264 e. The van der Waals surface area contributed by atoms with E-state index in [4.69, 9.17) is 21.1 Å². The number of aryl methyl sites for hydroxylation is 1. The van der Waals surface area contributed by atoms with Crippen molar-refractivity contribution in [3.8, 4) is 11.5 Å².